The predicted molar refractivity (Wildman–Crippen MR) is 78.8 cm³/mol. The van der Waals surface area contributed by atoms with Crippen LogP contribution in [0.5, 0.6) is 0 Å². The van der Waals surface area contributed by atoms with E-state index in [1.54, 1.807) is 18.2 Å². The highest BCUT2D eigenvalue weighted by Crippen LogP contribution is 2.19. The van der Waals surface area contributed by atoms with Crippen LogP contribution in [-0.4, -0.2) is 10.9 Å². The van der Waals surface area contributed by atoms with E-state index in [2.05, 4.69) is 22.9 Å². The van der Waals surface area contributed by atoms with Gasteiger partial charge in [-0.15, -0.1) is 12.6 Å². The van der Waals surface area contributed by atoms with E-state index in [4.69, 9.17) is 11.6 Å². The van der Waals surface area contributed by atoms with Crippen molar-refractivity contribution in [2.75, 3.05) is 0 Å². The molecule has 0 bridgehead atoms. The normalized spacial score (nSPS) is 10.3. The van der Waals surface area contributed by atoms with E-state index in [0.29, 0.717) is 22.0 Å². The maximum Gasteiger partial charge on any atom is 0.253 e. The molecule has 0 aliphatic heterocycles. The molecule has 0 unspecified atom stereocenters. The fraction of sp³-hybridized carbons (Fsp3) is 0.143. The summed E-state index contributed by atoms with van der Waals surface area (Å²) in [4.78, 5) is 17.0. The average molecular weight is 293 g/mol. The van der Waals surface area contributed by atoms with Crippen LogP contribution in [0.3, 0.4) is 0 Å². The molecule has 0 spiro atoms. The average Bonchev–Trinajstić information content (AvgIpc) is 2.39. The Hall–Kier alpha value is -1.52. The van der Waals surface area contributed by atoms with Gasteiger partial charge in [-0.05, 0) is 37.3 Å². The minimum Gasteiger partial charge on any atom is -0.346 e. The summed E-state index contributed by atoms with van der Waals surface area (Å²) in [5.74, 6) is -0.232. The van der Waals surface area contributed by atoms with Crippen LogP contribution in [0.1, 0.15) is 21.7 Å². The van der Waals surface area contributed by atoms with Gasteiger partial charge in [0.05, 0.1) is 22.8 Å². The van der Waals surface area contributed by atoms with Crippen molar-refractivity contribution in [3.63, 3.8) is 0 Å². The Labute approximate surface area is 122 Å². The molecule has 0 atom stereocenters. The van der Waals surface area contributed by atoms with Crippen LogP contribution < -0.4 is 5.32 Å². The summed E-state index contributed by atoms with van der Waals surface area (Å²) in [6.45, 7) is 2.28. The van der Waals surface area contributed by atoms with Gasteiger partial charge < -0.3 is 5.32 Å². The van der Waals surface area contributed by atoms with Gasteiger partial charge in [0.1, 0.15) is 0 Å². The predicted octanol–water partition coefficient (Wildman–Crippen LogP) is 3.26. The van der Waals surface area contributed by atoms with Crippen LogP contribution in [0.15, 0.2) is 41.3 Å². The molecular formula is C14H13ClN2OS. The van der Waals surface area contributed by atoms with E-state index in [1.165, 1.54) is 0 Å². The molecule has 1 aromatic carbocycles. The molecule has 2 rings (SSSR count). The maximum atomic E-state index is 12.0. The highest BCUT2D eigenvalue weighted by atomic mass is 35.5. The molecule has 1 heterocycles. The fourth-order valence-corrected chi connectivity index (χ4v) is 2.06. The van der Waals surface area contributed by atoms with Crippen molar-refractivity contribution in [1.29, 1.82) is 0 Å². The van der Waals surface area contributed by atoms with Crippen molar-refractivity contribution in [1.82, 2.24) is 10.3 Å². The molecule has 1 amide bonds. The smallest absolute Gasteiger partial charge is 0.253 e. The van der Waals surface area contributed by atoms with E-state index in [1.807, 2.05) is 25.1 Å². The van der Waals surface area contributed by atoms with Crippen LogP contribution in [0, 0.1) is 6.92 Å². The van der Waals surface area contributed by atoms with Gasteiger partial charge in [-0.2, -0.15) is 0 Å². The summed E-state index contributed by atoms with van der Waals surface area (Å²) in [5.41, 5.74) is 2.15. The quantitative estimate of drug-likeness (QED) is 0.853. The second-order valence-corrected chi connectivity index (χ2v) is 5.04. The second-order valence-electron chi connectivity index (χ2n) is 4.12. The van der Waals surface area contributed by atoms with Crippen molar-refractivity contribution in [3.05, 3.63) is 58.4 Å². The number of carbonyl (C=O) groups excluding carboxylic acids is 1. The van der Waals surface area contributed by atoms with Gasteiger partial charge in [0.2, 0.25) is 0 Å². The summed E-state index contributed by atoms with van der Waals surface area (Å²) in [6, 6.07) is 10.7. The van der Waals surface area contributed by atoms with Crippen molar-refractivity contribution >= 4 is 30.1 Å². The molecule has 19 heavy (non-hydrogen) atoms. The van der Waals surface area contributed by atoms with Crippen LogP contribution in [0.25, 0.3) is 0 Å². The standard InChI is InChI=1S/C14H13ClN2OS/c1-9-3-2-4-10(17-9)8-16-14(18)12-7-11(19)5-6-13(12)15/h2-7,19H,8H2,1H3,(H,16,18). The second kappa shape index (κ2) is 6.08. The molecule has 0 saturated heterocycles. The third kappa shape index (κ3) is 3.72. The topological polar surface area (TPSA) is 42.0 Å². The largest absolute Gasteiger partial charge is 0.346 e. The first-order chi connectivity index (χ1) is 9.06. The number of aryl methyl sites for hydroxylation is 1. The SMILES string of the molecule is Cc1cccc(CNC(=O)c2cc(S)ccc2Cl)n1. The number of hydrogen-bond donors (Lipinski definition) is 2. The van der Waals surface area contributed by atoms with Crippen LogP contribution >= 0.6 is 24.2 Å². The molecule has 0 fully saturated rings. The first-order valence-corrected chi connectivity index (χ1v) is 6.58. The van der Waals surface area contributed by atoms with Gasteiger partial charge in [0, 0.05) is 10.6 Å². The Balaban J connectivity index is 2.07. The Kier molecular flexibility index (Phi) is 4.45. The van der Waals surface area contributed by atoms with Gasteiger partial charge in [-0.1, -0.05) is 17.7 Å². The minimum atomic E-state index is -0.232. The minimum absolute atomic E-state index is 0.232. The van der Waals surface area contributed by atoms with Gasteiger partial charge in [-0.3, -0.25) is 9.78 Å². The number of hydrogen-bond acceptors (Lipinski definition) is 3. The molecule has 0 aliphatic rings. The van der Waals surface area contributed by atoms with E-state index in [9.17, 15) is 4.79 Å². The van der Waals surface area contributed by atoms with Crippen LogP contribution in [-0.2, 0) is 6.54 Å². The number of benzene rings is 1. The number of pyridine rings is 1. The summed E-state index contributed by atoms with van der Waals surface area (Å²) >= 11 is 10.2. The highest BCUT2D eigenvalue weighted by molar-refractivity contribution is 7.80. The molecule has 0 saturated carbocycles. The lowest BCUT2D eigenvalue weighted by Crippen LogP contribution is -2.23. The molecular weight excluding hydrogens is 280 g/mol. The summed E-state index contributed by atoms with van der Waals surface area (Å²) < 4.78 is 0. The van der Waals surface area contributed by atoms with Crippen molar-refractivity contribution < 1.29 is 4.79 Å². The number of nitrogens with one attached hydrogen (secondary N) is 1. The molecule has 3 nitrogen and oxygen atoms in total. The molecule has 2 aromatic rings. The molecule has 1 N–H and O–H groups in total. The summed E-state index contributed by atoms with van der Waals surface area (Å²) in [6.07, 6.45) is 0. The summed E-state index contributed by atoms with van der Waals surface area (Å²) in [7, 11) is 0. The van der Waals surface area contributed by atoms with E-state index >= 15 is 0 Å². The highest BCUT2D eigenvalue weighted by Gasteiger charge is 2.10. The zero-order valence-corrected chi connectivity index (χ0v) is 12.0. The molecule has 0 radical (unpaired) electrons. The van der Waals surface area contributed by atoms with E-state index in [-0.39, 0.29) is 5.91 Å². The summed E-state index contributed by atoms with van der Waals surface area (Å²) in [5, 5.41) is 3.20. The number of thiol groups is 1. The van der Waals surface area contributed by atoms with Crippen molar-refractivity contribution in [3.8, 4) is 0 Å². The molecule has 98 valence electrons. The zero-order valence-electron chi connectivity index (χ0n) is 10.4. The van der Waals surface area contributed by atoms with Gasteiger partial charge >= 0.3 is 0 Å². The number of carbonyl (C=O) groups is 1. The van der Waals surface area contributed by atoms with Gasteiger partial charge in [-0.25, -0.2) is 0 Å². The maximum absolute atomic E-state index is 12.0. The first kappa shape index (κ1) is 13.9. The lowest BCUT2D eigenvalue weighted by atomic mass is 10.2. The molecule has 5 heteroatoms. The monoisotopic (exact) mass is 292 g/mol. The van der Waals surface area contributed by atoms with E-state index in [0.717, 1.165) is 11.4 Å². The number of aromatic nitrogens is 1. The number of amides is 1. The third-order valence-electron chi connectivity index (χ3n) is 2.57. The Bertz CT molecular complexity index is 616. The van der Waals surface area contributed by atoms with E-state index < -0.39 is 0 Å². The fourth-order valence-electron chi connectivity index (χ4n) is 1.65. The lowest BCUT2D eigenvalue weighted by Gasteiger charge is -2.07. The number of halogens is 1. The van der Waals surface area contributed by atoms with Crippen molar-refractivity contribution in [2.45, 2.75) is 18.4 Å². The van der Waals surface area contributed by atoms with Crippen molar-refractivity contribution in [2.24, 2.45) is 0 Å². The number of rotatable bonds is 3. The van der Waals surface area contributed by atoms with Gasteiger partial charge in [0.25, 0.3) is 5.91 Å². The first-order valence-electron chi connectivity index (χ1n) is 5.75. The third-order valence-corrected chi connectivity index (χ3v) is 3.18. The Morgan fingerprint density at radius 2 is 2.16 bits per heavy atom. The zero-order chi connectivity index (χ0) is 13.8. The lowest BCUT2D eigenvalue weighted by molar-refractivity contribution is 0.0950. The Morgan fingerprint density at radius 3 is 2.89 bits per heavy atom. The van der Waals surface area contributed by atoms with Crippen LogP contribution in [0.2, 0.25) is 5.02 Å². The van der Waals surface area contributed by atoms with Gasteiger partial charge in [0.15, 0.2) is 0 Å². The number of nitrogens with zero attached hydrogens (tertiary/aromatic N) is 1. The molecule has 0 aliphatic carbocycles. The molecule has 1 aromatic heterocycles. The Morgan fingerprint density at radius 1 is 1.37 bits per heavy atom. The van der Waals surface area contributed by atoms with Crippen LogP contribution in [0.4, 0.5) is 0 Å².